The van der Waals surface area contributed by atoms with Gasteiger partial charge in [-0.2, -0.15) is 0 Å². The summed E-state index contributed by atoms with van der Waals surface area (Å²) in [5, 5.41) is 3.17. The molecule has 0 saturated carbocycles. The van der Waals surface area contributed by atoms with E-state index >= 15 is 0 Å². The van der Waals surface area contributed by atoms with Crippen LogP contribution in [0.3, 0.4) is 0 Å². The van der Waals surface area contributed by atoms with E-state index in [4.69, 9.17) is 0 Å². The molecule has 2 fully saturated rings. The van der Waals surface area contributed by atoms with E-state index in [0.717, 1.165) is 50.0 Å². The van der Waals surface area contributed by atoms with E-state index in [1.54, 1.807) is 0 Å². The van der Waals surface area contributed by atoms with Gasteiger partial charge in [-0.25, -0.2) is 0 Å². The molecule has 0 aliphatic carbocycles. The number of piperidine rings is 1. The van der Waals surface area contributed by atoms with E-state index < -0.39 is 0 Å². The molecule has 1 aromatic rings. The van der Waals surface area contributed by atoms with Crippen molar-refractivity contribution in [2.45, 2.75) is 38.1 Å². The molecule has 1 aromatic carbocycles. The van der Waals surface area contributed by atoms with Crippen molar-refractivity contribution in [2.75, 3.05) is 39.8 Å². The van der Waals surface area contributed by atoms with Crippen LogP contribution in [0.25, 0.3) is 0 Å². The van der Waals surface area contributed by atoms with Crippen molar-refractivity contribution in [1.29, 1.82) is 0 Å². The largest absolute Gasteiger partial charge is 0.339 e. The highest BCUT2D eigenvalue weighted by Gasteiger charge is 2.29. The number of nitrogens with zero attached hydrogens (tertiary/aromatic N) is 2. The van der Waals surface area contributed by atoms with Crippen molar-refractivity contribution in [2.24, 2.45) is 0 Å². The number of likely N-dealkylation sites (tertiary alicyclic amines) is 2. The van der Waals surface area contributed by atoms with Gasteiger partial charge in [0.1, 0.15) is 0 Å². The fraction of sp³-hybridized carbons (Fsp3) is 0.632. The van der Waals surface area contributed by atoms with Crippen LogP contribution in [0, 0.1) is 0 Å². The molecule has 0 bridgehead atoms. The first-order chi connectivity index (χ1) is 11.3. The van der Waals surface area contributed by atoms with E-state index in [-0.39, 0.29) is 5.91 Å². The number of amides is 1. The minimum Gasteiger partial charge on any atom is -0.339 e. The molecule has 3 rings (SSSR count). The second-order valence-corrected chi connectivity index (χ2v) is 6.78. The van der Waals surface area contributed by atoms with Crippen molar-refractivity contribution in [3.05, 3.63) is 35.4 Å². The smallest absolute Gasteiger partial charge is 0.254 e. The molecule has 126 valence electrons. The van der Waals surface area contributed by atoms with Crippen LogP contribution in [0.5, 0.6) is 0 Å². The summed E-state index contributed by atoms with van der Waals surface area (Å²) in [4.78, 5) is 17.6. The lowest BCUT2D eigenvalue weighted by Gasteiger charge is -2.37. The SMILES string of the molecule is CNCCc1ccccc1C(=O)N1CCC(N2CCCC2)CC1. The molecule has 2 aliphatic heterocycles. The van der Waals surface area contributed by atoms with Crippen LogP contribution in [0.2, 0.25) is 0 Å². The molecule has 0 atom stereocenters. The summed E-state index contributed by atoms with van der Waals surface area (Å²) in [5.41, 5.74) is 2.05. The van der Waals surface area contributed by atoms with Gasteiger partial charge in [-0.05, 0) is 70.4 Å². The Bertz CT molecular complexity index is 517. The van der Waals surface area contributed by atoms with Crippen LogP contribution in [0.4, 0.5) is 0 Å². The lowest BCUT2D eigenvalue weighted by atomic mass is 9.99. The van der Waals surface area contributed by atoms with E-state index in [0.29, 0.717) is 6.04 Å². The summed E-state index contributed by atoms with van der Waals surface area (Å²) in [6.45, 7) is 5.22. The topological polar surface area (TPSA) is 35.6 Å². The van der Waals surface area contributed by atoms with Gasteiger partial charge in [0.25, 0.3) is 5.91 Å². The van der Waals surface area contributed by atoms with Crippen LogP contribution < -0.4 is 5.32 Å². The van der Waals surface area contributed by atoms with E-state index in [1.165, 1.54) is 25.9 Å². The molecule has 2 heterocycles. The lowest BCUT2D eigenvalue weighted by Crippen LogP contribution is -2.46. The monoisotopic (exact) mass is 315 g/mol. The minimum atomic E-state index is 0.219. The average molecular weight is 315 g/mol. The second-order valence-electron chi connectivity index (χ2n) is 6.78. The highest BCUT2D eigenvalue weighted by Crippen LogP contribution is 2.23. The molecule has 23 heavy (non-hydrogen) atoms. The lowest BCUT2D eigenvalue weighted by molar-refractivity contribution is 0.0643. The molecule has 2 aliphatic rings. The van der Waals surface area contributed by atoms with E-state index in [1.807, 2.05) is 25.2 Å². The quantitative estimate of drug-likeness (QED) is 0.904. The number of carbonyl (C=O) groups is 1. The third-order valence-electron chi connectivity index (χ3n) is 5.30. The van der Waals surface area contributed by atoms with Crippen LogP contribution in [0.15, 0.2) is 24.3 Å². The summed E-state index contributed by atoms with van der Waals surface area (Å²) < 4.78 is 0. The Morgan fingerprint density at radius 1 is 1.13 bits per heavy atom. The number of rotatable bonds is 5. The first-order valence-electron chi connectivity index (χ1n) is 9.05. The summed E-state index contributed by atoms with van der Waals surface area (Å²) in [6.07, 6.45) is 5.85. The molecule has 0 aromatic heterocycles. The Labute approximate surface area is 139 Å². The van der Waals surface area contributed by atoms with Crippen LogP contribution in [0.1, 0.15) is 41.6 Å². The summed E-state index contributed by atoms with van der Waals surface area (Å²) >= 11 is 0. The van der Waals surface area contributed by atoms with Crippen molar-refractivity contribution in [3.63, 3.8) is 0 Å². The number of benzene rings is 1. The maximum Gasteiger partial charge on any atom is 0.254 e. The Morgan fingerprint density at radius 2 is 1.83 bits per heavy atom. The Kier molecular flexibility index (Phi) is 5.68. The zero-order valence-electron chi connectivity index (χ0n) is 14.3. The van der Waals surface area contributed by atoms with Gasteiger partial charge in [0.05, 0.1) is 0 Å². The normalized spacial score (nSPS) is 20.1. The number of hydrogen-bond donors (Lipinski definition) is 1. The predicted octanol–water partition coefficient (Wildman–Crippen LogP) is 2.15. The van der Waals surface area contributed by atoms with Crippen LogP contribution in [-0.2, 0) is 6.42 Å². The Balaban J connectivity index is 1.61. The van der Waals surface area contributed by atoms with Gasteiger partial charge in [-0.3, -0.25) is 4.79 Å². The number of carbonyl (C=O) groups excluding carboxylic acids is 1. The first-order valence-corrected chi connectivity index (χ1v) is 9.05. The van der Waals surface area contributed by atoms with Crippen molar-refractivity contribution < 1.29 is 4.79 Å². The van der Waals surface area contributed by atoms with Gasteiger partial charge < -0.3 is 15.1 Å². The molecule has 0 unspecified atom stereocenters. The van der Waals surface area contributed by atoms with Gasteiger partial charge in [-0.1, -0.05) is 18.2 Å². The van der Waals surface area contributed by atoms with Gasteiger partial charge in [0.2, 0.25) is 0 Å². The third-order valence-corrected chi connectivity index (χ3v) is 5.30. The zero-order chi connectivity index (χ0) is 16.1. The average Bonchev–Trinajstić information content (AvgIpc) is 3.14. The molecule has 1 amide bonds. The Morgan fingerprint density at radius 3 is 2.52 bits per heavy atom. The van der Waals surface area contributed by atoms with Crippen LogP contribution >= 0.6 is 0 Å². The van der Waals surface area contributed by atoms with Crippen molar-refractivity contribution >= 4 is 5.91 Å². The standard InChI is InChI=1S/C19H29N3O/c1-20-11-8-16-6-2-3-7-18(16)19(23)22-14-9-17(10-15-22)21-12-4-5-13-21/h2-3,6-7,17,20H,4-5,8-15H2,1H3. The van der Waals surface area contributed by atoms with E-state index in [9.17, 15) is 4.79 Å². The fourth-order valence-electron chi connectivity index (χ4n) is 3.92. The summed E-state index contributed by atoms with van der Waals surface area (Å²) in [6, 6.07) is 8.77. The maximum absolute atomic E-state index is 12.9. The van der Waals surface area contributed by atoms with Crippen LogP contribution in [-0.4, -0.2) is 61.5 Å². The van der Waals surface area contributed by atoms with E-state index in [2.05, 4.69) is 21.2 Å². The molecular formula is C19H29N3O. The minimum absolute atomic E-state index is 0.219. The van der Waals surface area contributed by atoms with Gasteiger partial charge in [0, 0.05) is 24.7 Å². The fourth-order valence-corrected chi connectivity index (χ4v) is 3.92. The van der Waals surface area contributed by atoms with Crippen molar-refractivity contribution in [1.82, 2.24) is 15.1 Å². The molecule has 0 spiro atoms. The summed E-state index contributed by atoms with van der Waals surface area (Å²) in [5.74, 6) is 0.219. The van der Waals surface area contributed by atoms with Gasteiger partial charge >= 0.3 is 0 Å². The second kappa shape index (κ2) is 7.93. The number of likely N-dealkylation sites (N-methyl/N-ethyl adjacent to an activating group) is 1. The highest BCUT2D eigenvalue weighted by atomic mass is 16.2. The molecule has 1 N–H and O–H groups in total. The molecule has 4 nitrogen and oxygen atoms in total. The Hall–Kier alpha value is -1.39. The first kappa shape index (κ1) is 16.5. The zero-order valence-corrected chi connectivity index (χ0v) is 14.3. The maximum atomic E-state index is 12.9. The number of hydrogen-bond acceptors (Lipinski definition) is 3. The predicted molar refractivity (Wildman–Crippen MR) is 93.8 cm³/mol. The van der Waals surface area contributed by atoms with Gasteiger partial charge in [-0.15, -0.1) is 0 Å². The number of nitrogens with one attached hydrogen (secondary N) is 1. The van der Waals surface area contributed by atoms with Crippen molar-refractivity contribution in [3.8, 4) is 0 Å². The molecule has 4 heteroatoms. The molecular weight excluding hydrogens is 286 g/mol. The summed E-state index contributed by atoms with van der Waals surface area (Å²) in [7, 11) is 1.95. The van der Waals surface area contributed by atoms with Gasteiger partial charge in [0.15, 0.2) is 0 Å². The molecule has 2 saturated heterocycles. The third kappa shape index (κ3) is 3.93. The molecule has 0 radical (unpaired) electrons. The highest BCUT2D eigenvalue weighted by molar-refractivity contribution is 5.95.